The van der Waals surface area contributed by atoms with Crippen molar-refractivity contribution in [2.45, 2.75) is 44.2 Å². The zero-order valence-electron chi connectivity index (χ0n) is 13.7. The number of rotatable bonds is 2. The maximum atomic E-state index is 14.0. The zero-order valence-corrected chi connectivity index (χ0v) is 13.7. The molecular weight excluding hydrogens is 323 g/mol. The number of aliphatic carboxylic acids is 1. The zero-order chi connectivity index (χ0) is 17.6. The van der Waals surface area contributed by atoms with Crippen LogP contribution in [0, 0.1) is 11.7 Å². The van der Waals surface area contributed by atoms with Crippen LogP contribution in [0.15, 0.2) is 30.5 Å². The highest BCUT2D eigenvalue weighted by atomic mass is 19.1. The van der Waals surface area contributed by atoms with Crippen LogP contribution in [0.3, 0.4) is 0 Å². The van der Waals surface area contributed by atoms with Crippen molar-refractivity contribution in [1.29, 1.82) is 0 Å². The van der Waals surface area contributed by atoms with E-state index in [1.165, 1.54) is 17.0 Å². The van der Waals surface area contributed by atoms with Gasteiger partial charge in [-0.15, -0.1) is 0 Å². The Hall–Kier alpha value is -2.50. The largest absolute Gasteiger partial charge is 0.480 e. The van der Waals surface area contributed by atoms with Gasteiger partial charge in [0.05, 0.1) is 11.1 Å². The number of fused-ring (bicyclic) bond motifs is 2. The van der Waals surface area contributed by atoms with E-state index >= 15 is 0 Å². The summed E-state index contributed by atoms with van der Waals surface area (Å²) in [6.07, 6.45) is 5.84. The standard InChI is InChI=1S/C19H19FN2O3/c20-13-8-12-5-3-7-21-17(12)14(10-13)18(23)22-15-6-2-1-4-11(15)9-16(22)19(24)25/h3,5,7-8,10-11,15-16H,1-2,4,6,9H2,(H,24,25). The Morgan fingerprint density at radius 1 is 1.24 bits per heavy atom. The first kappa shape index (κ1) is 16.0. The quantitative estimate of drug-likeness (QED) is 0.910. The van der Waals surface area contributed by atoms with Crippen LogP contribution < -0.4 is 0 Å². The van der Waals surface area contributed by atoms with E-state index in [-0.39, 0.29) is 17.5 Å². The second-order valence-corrected chi connectivity index (χ2v) is 6.94. The molecule has 4 rings (SSSR count). The lowest BCUT2D eigenvalue weighted by atomic mass is 9.84. The Balaban J connectivity index is 1.80. The van der Waals surface area contributed by atoms with Gasteiger partial charge in [0.1, 0.15) is 11.9 Å². The summed E-state index contributed by atoms with van der Waals surface area (Å²) >= 11 is 0. The Morgan fingerprint density at radius 2 is 2.04 bits per heavy atom. The molecule has 1 saturated heterocycles. The van der Waals surface area contributed by atoms with Crippen LogP contribution >= 0.6 is 0 Å². The van der Waals surface area contributed by atoms with Gasteiger partial charge in [0.15, 0.2) is 0 Å². The van der Waals surface area contributed by atoms with Crippen LogP contribution in [0.2, 0.25) is 0 Å². The van der Waals surface area contributed by atoms with E-state index in [4.69, 9.17) is 0 Å². The van der Waals surface area contributed by atoms with E-state index in [9.17, 15) is 19.1 Å². The second kappa shape index (κ2) is 6.10. The Kier molecular flexibility index (Phi) is 3.90. The number of amides is 1. The number of carboxylic acids is 1. The molecule has 3 unspecified atom stereocenters. The summed E-state index contributed by atoms with van der Waals surface area (Å²) in [5.74, 6) is -1.72. The van der Waals surface area contributed by atoms with E-state index in [0.717, 1.165) is 25.7 Å². The number of aromatic nitrogens is 1. The maximum Gasteiger partial charge on any atom is 0.326 e. The van der Waals surface area contributed by atoms with Gasteiger partial charge in [0.2, 0.25) is 0 Å². The predicted molar refractivity (Wildman–Crippen MR) is 89.7 cm³/mol. The van der Waals surface area contributed by atoms with Crippen molar-refractivity contribution in [3.8, 4) is 0 Å². The molecule has 0 radical (unpaired) electrons. The molecule has 6 heteroatoms. The summed E-state index contributed by atoms with van der Waals surface area (Å²) in [5, 5.41) is 10.1. The molecular formula is C19H19FN2O3. The first-order valence-electron chi connectivity index (χ1n) is 8.66. The van der Waals surface area contributed by atoms with Gasteiger partial charge in [0.25, 0.3) is 5.91 Å². The van der Waals surface area contributed by atoms with Gasteiger partial charge in [-0.1, -0.05) is 18.9 Å². The van der Waals surface area contributed by atoms with Crippen molar-refractivity contribution in [1.82, 2.24) is 9.88 Å². The minimum absolute atomic E-state index is 0.0793. The molecule has 2 aromatic rings. The lowest BCUT2D eigenvalue weighted by Crippen LogP contribution is -2.46. The molecule has 5 nitrogen and oxygen atoms in total. The Morgan fingerprint density at radius 3 is 2.84 bits per heavy atom. The number of carbonyl (C=O) groups excluding carboxylic acids is 1. The van der Waals surface area contributed by atoms with Gasteiger partial charge in [-0.25, -0.2) is 9.18 Å². The average molecular weight is 342 g/mol. The van der Waals surface area contributed by atoms with Crippen molar-refractivity contribution in [2.75, 3.05) is 0 Å². The van der Waals surface area contributed by atoms with Crippen LogP contribution in [0.4, 0.5) is 4.39 Å². The fourth-order valence-corrected chi connectivity index (χ4v) is 4.43. The van der Waals surface area contributed by atoms with E-state index in [1.807, 2.05) is 0 Å². The molecule has 1 aliphatic carbocycles. The van der Waals surface area contributed by atoms with Gasteiger partial charge in [0, 0.05) is 17.6 Å². The van der Waals surface area contributed by atoms with Crippen LogP contribution in [0.1, 0.15) is 42.5 Å². The lowest BCUT2D eigenvalue weighted by Gasteiger charge is -2.33. The number of benzene rings is 1. The van der Waals surface area contributed by atoms with Crippen molar-refractivity contribution >= 4 is 22.8 Å². The minimum Gasteiger partial charge on any atom is -0.480 e. The van der Waals surface area contributed by atoms with Gasteiger partial charge >= 0.3 is 5.97 Å². The highest BCUT2D eigenvalue weighted by molar-refractivity contribution is 6.06. The van der Waals surface area contributed by atoms with Crippen LogP contribution in [0.25, 0.3) is 10.9 Å². The van der Waals surface area contributed by atoms with E-state index in [2.05, 4.69) is 4.98 Å². The van der Waals surface area contributed by atoms with Crippen LogP contribution in [-0.4, -0.2) is 39.0 Å². The highest BCUT2D eigenvalue weighted by Crippen LogP contribution is 2.41. The fourth-order valence-electron chi connectivity index (χ4n) is 4.43. The summed E-state index contributed by atoms with van der Waals surface area (Å²) in [7, 11) is 0. The number of hydrogen-bond donors (Lipinski definition) is 1. The topological polar surface area (TPSA) is 70.5 Å². The number of nitrogens with zero attached hydrogens (tertiary/aromatic N) is 2. The fraction of sp³-hybridized carbons (Fsp3) is 0.421. The maximum absolute atomic E-state index is 14.0. The Labute approximate surface area is 144 Å². The third-order valence-electron chi connectivity index (χ3n) is 5.51. The van der Waals surface area contributed by atoms with Crippen molar-refractivity contribution in [3.63, 3.8) is 0 Å². The molecule has 130 valence electrons. The summed E-state index contributed by atoms with van der Waals surface area (Å²) in [6.45, 7) is 0. The van der Waals surface area contributed by atoms with Gasteiger partial charge < -0.3 is 10.0 Å². The highest BCUT2D eigenvalue weighted by Gasteiger charge is 2.48. The molecule has 1 aliphatic heterocycles. The number of likely N-dealkylation sites (tertiary alicyclic amines) is 1. The first-order chi connectivity index (χ1) is 12.1. The molecule has 2 heterocycles. The second-order valence-electron chi connectivity index (χ2n) is 6.94. The van der Waals surface area contributed by atoms with Gasteiger partial charge in [-0.3, -0.25) is 9.78 Å². The summed E-state index contributed by atoms with van der Waals surface area (Å²) < 4.78 is 14.0. The monoisotopic (exact) mass is 342 g/mol. The molecule has 1 N–H and O–H groups in total. The van der Waals surface area contributed by atoms with Crippen molar-refractivity contribution in [3.05, 3.63) is 41.8 Å². The molecule has 3 atom stereocenters. The number of halogens is 1. The summed E-state index contributed by atoms with van der Waals surface area (Å²) in [5.41, 5.74) is 0.561. The van der Waals surface area contributed by atoms with Crippen molar-refractivity contribution < 1.29 is 19.1 Å². The summed E-state index contributed by atoms with van der Waals surface area (Å²) in [6, 6.07) is 4.97. The number of hydrogen-bond acceptors (Lipinski definition) is 3. The number of carbonyl (C=O) groups is 2. The molecule has 0 spiro atoms. The number of pyridine rings is 1. The van der Waals surface area contributed by atoms with E-state index in [0.29, 0.717) is 17.3 Å². The molecule has 2 aliphatic rings. The summed E-state index contributed by atoms with van der Waals surface area (Å²) in [4.78, 5) is 30.7. The van der Waals surface area contributed by atoms with Crippen molar-refractivity contribution in [2.24, 2.45) is 5.92 Å². The van der Waals surface area contributed by atoms with Crippen LogP contribution in [-0.2, 0) is 4.79 Å². The van der Waals surface area contributed by atoms with E-state index < -0.39 is 23.7 Å². The number of carboxylic acid groups (broad SMARTS) is 1. The molecule has 1 amide bonds. The minimum atomic E-state index is -0.989. The molecule has 1 saturated carbocycles. The first-order valence-corrected chi connectivity index (χ1v) is 8.66. The average Bonchev–Trinajstić information content (AvgIpc) is 3.00. The van der Waals surface area contributed by atoms with Gasteiger partial charge in [-0.05, 0) is 43.4 Å². The molecule has 0 bridgehead atoms. The smallest absolute Gasteiger partial charge is 0.326 e. The molecule has 2 fully saturated rings. The lowest BCUT2D eigenvalue weighted by molar-refractivity contribution is -0.141. The molecule has 1 aromatic heterocycles. The molecule has 25 heavy (non-hydrogen) atoms. The third-order valence-corrected chi connectivity index (χ3v) is 5.51. The van der Waals surface area contributed by atoms with E-state index in [1.54, 1.807) is 18.3 Å². The third kappa shape index (κ3) is 2.65. The van der Waals surface area contributed by atoms with Crippen LogP contribution in [0.5, 0.6) is 0 Å². The Bertz CT molecular complexity index is 854. The predicted octanol–water partition coefficient (Wildman–Crippen LogP) is 3.23. The normalized spacial score (nSPS) is 25.8. The van der Waals surface area contributed by atoms with Gasteiger partial charge in [-0.2, -0.15) is 0 Å². The molecule has 1 aromatic carbocycles. The SMILES string of the molecule is O=C(O)C1CC2CCCCC2N1C(=O)c1cc(F)cc2cccnc12.